The highest BCUT2D eigenvalue weighted by atomic mass is 32.2. The molecule has 0 bridgehead atoms. The SMILES string of the molecule is COC(=O)c1ccc(-c2cc(OC)ccc2F)c(O)c1.COC(=O)c1ccc(-c2cc(OC)ccc2F)c(OS(=O)(=O)C(F)(F)F)c1. The molecule has 0 atom stereocenters. The number of esters is 2. The van der Waals surface area contributed by atoms with Crippen LogP contribution in [0.3, 0.4) is 0 Å². The van der Waals surface area contributed by atoms with Crippen molar-refractivity contribution >= 4 is 22.1 Å². The van der Waals surface area contributed by atoms with Crippen molar-refractivity contribution in [3.63, 3.8) is 0 Å². The van der Waals surface area contributed by atoms with Crippen LogP contribution in [-0.4, -0.2) is 59.4 Å². The van der Waals surface area contributed by atoms with Crippen LogP contribution in [0, 0.1) is 11.6 Å². The van der Waals surface area contributed by atoms with Gasteiger partial charge in [-0.1, -0.05) is 0 Å². The summed E-state index contributed by atoms with van der Waals surface area (Å²) < 4.78 is 112. The fourth-order valence-electron chi connectivity index (χ4n) is 3.90. The van der Waals surface area contributed by atoms with Gasteiger partial charge in [0.1, 0.15) is 28.9 Å². The zero-order valence-corrected chi connectivity index (χ0v) is 25.7. The first kappa shape index (κ1) is 36.1. The second-order valence-corrected chi connectivity index (χ2v) is 10.6. The van der Waals surface area contributed by atoms with Crippen LogP contribution >= 0.6 is 0 Å². The van der Waals surface area contributed by atoms with E-state index in [1.54, 1.807) is 0 Å². The third-order valence-electron chi connectivity index (χ3n) is 6.23. The third kappa shape index (κ3) is 8.46. The average molecular weight is 685 g/mol. The van der Waals surface area contributed by atoms with Crippen LogP contribution in [0.4, 0.5) is 22.0 Å². The topological polar surface area (TPSA) is 135 Å². The minimum atomic E-state index is -6.06. The molecule has 1 N–H and O–H groups in total. The Labute approximate surface area is 265 Å². The molecule has 0 aliphatic heterocycles. The van der Waals surface area contributed by atoms with E-state index in [-0.39, 0.29) is 44.9 Å². The largest absolute Gasteiger partial charge is 0.534 e. The highest BCUT2D eigenvalue weighted by molar-refractivity contribution is 7.88. The fourth-order valence-corrected chi connectivity index (χ4v) is 4.37. The quantitative estimate of drug-likeness (QED) is 0.0948. The number of phenolic OH excluding ortho intramolecular Hbond substituents is 1. The lowest BCUT2D eigenvalue weighted by Gasteiger charge is -2.15. The Bertz CT molecular complexity index is 1890. The van der Waals surface area contributed by atoms with Crippen molar-refractivity contribution in [3.8, 4) is 45.3 Å². The van der Waals surface area contributed by atoms with E-state index in [0.717, 1.165) is 31.4 Å². The van der Waals surface area contributed by atoms with Gasteiger partial charge in [0, 0.05) is 22.3 Å². The molecule has 0 amide bonds. The van der Waals surface area contributed by atoms with Gasteiger partial charge in [-0.3, -0.25) is 0 Å². The maximum absolute atomic E-state index is 14.2. The van der Waals surface area contributed by atoms with Gasteiger partial charge in [-0.2, -0.15) is 21.6 Å². The van der Waals surface area contributed by atoms with Crippen LogP contribution in [-0.2, 0) is 19.6 Å². The summed E-state index contributed by atoms with van der Waals surface area (Å²) in [6.07, 6.45) is 0. The molecule has 0 radical (unpaired) electrons. The van der Waals surface area contributed by atoms with Crippen LogP contribution < -0.4 is 13.7 Å². The van der Waals surface area contributed by atoms with Crippen molar-refractivity contribution in [2.75, 3.05) is 28.4 Å². The molecular formula is C31H25F5O10S. The Morgan fingerprint density at radius 1 is 0.638 bits per heavy atom. The Hall–Kier alpha value is -5.38. The smallest absolute Gasteiger partial charge is 0.507 e. The Morgan fingerprint density at radius 3 is 1.51 bits per heavy atom. The summed E-state index contributed by atoms with van der Waals surface area (Å²) in [5.74, 6) is -3.38. The van der Waals surface area contributed by atoms with Gasteiger partial charge in [0.25, 0.3) is 0 Å². The van der Waals surface area contributed by atoms with E-state index in [4.69, 9.17) is 9.47 Å². The van der Waals surface area contributed by atoms with E-state index in [1.807, 2.05) is 0 Å². The molecule has 0 aromatic heterocycles. The van der Waals surface area contributed by atoms with E-state index in [2.05, 4.69) is 13.7 Å². The van der Waals surface area contributed by atoms with Gasteiger partial charge >= 0.3 is 27.6 Å². The number of carbonyl (C=O) groups excluding carboxylic acids is 2. The van der Waals surface area contributed by atoms with Crippen molar-refractivity contribution in [3.05, 3.63) is 95.6 Å². The molecule has 47 heavy (non-hydrogen) atoms. The monoisotopic (exact) mass is 684 g/mol. The number of halogens is 5. The summed E-state index contributed by atoms with van der Waals surface area (Å²) in [5, 5.41) is 9.96. The number of carbonyl (C=O) groups is 2. The van der Waals surface area contributed by atoms with E-state index in [0.29, 0.717) is 11.8 Å². The summed E-state index contributed by atoms with van der Waals surface area (Å²) in [4.78, 5) is 23.0. The number of alkyl halides is 3. The van der Waals surface area contributed by atoms with Gasteiger partial charge in [0.2, 0.25) is 0 Å². The first-order valence-corrected chi connectivity index (χ1v) is 14.3. The predicted molar refractivity (Wildman–Crippen MR) is 157 cm³/mol. The first-order valence-electron chi connectivity index (χ1n) is 12.9. The van der Waals surface area contributed by atoms with Crippen LogP contribution in [0.15, 0.2) is 72.8 Å². The minimum Gasteiger partial charge on any atom is -0.507 e. The van der Waals surface area contributed by atoms with Gasteiger partial charge in [-0.25, -0.2) is 18.4 Å². The molecule has 0 fully saturated rings. The molecule has 0 aliphatic rings. The summed E-state index contributed by atoms with van der Waals surface area (Å²) >= 11 is 0. The van der Waals surface area contributed by atoms with Gasteiger partial charge in [0.05, 0.1) is 39.6 Å². The van der Waals surface area contributed by atoms with Crippen LogP contribution in [0.25, 0.3) is 22.3 Å². The normalized spacial score (nSPS) is 11.1. The first-order chi connectivity index (χ1) is 22.1. The Balaban J connectivity index is 0.000000267. The summed E-state index contributed by atoms with van der Waals surface area (Å²) in [6, 6.07) is 14.6. The Kier molecular flexibility index (Phi) is 11.4. The number of methoxy groups -OCH3 is 4. The second-order valence-electron chi connectivity index (χ2n) is 9.10. The summed E-state index contributed by atoms with van der Waals surface area (Å²) in [6.45, 7) is 0. The second kappa shape index (κ2) is 14.8. The summed E-state index contributed by atoms with van der Waals surface area (Å²) in [7, 11) is -1.05. The van der Waals surface area contributed by atoms with Gasteiger partial charge in [0.15, 0.2) is 5.75 Å². The molecule has 0 saturated carbocycles. The van der Waals surface area contributed by atoms with Crippen LogP contribution in [0.2, 0.25) is 0 Å². The lowest BCUT2D eigenvalue weighted by Crippen LogP contribution is -2.28. The third-order valence-corrected chi connectivity index (χ3v) is 7.20. The van der Waals surface area contributed by atoms with Crippen LogP contribution in [0.5, 0.6) is 23.0 Å². The number of aromatic hydroxyl groups is 1. The standard InChI is InChI=1S/C16H12F4O6S.C15H13FO4/c1-24-10-4-6-13(17)12(8-10)11-5-3-9(15(21)25-2)7-14(11)26-27(22,23)16(18,19)20;1-19-10-4-6-13(16)12(8-10)11-5-3-9(7-14(11)17)15(18)20-2/h3-8H,1-2H3;3-8,17H,1-2H3. The number of phenols is 1. The number of hydrogen-bond acceptors (Lipinski definition) is 10. The molecule has 0 saturated heterocycles. The van der Waals surface area contributed by atoms with Crippen molar-refractivity contribution in [1.82, 2.24) is 0 Å². The Morgan fingerprint density at radius 2 is 1.09 bits per heavy atom. The minimum absolute atomic E-state index is 0.160. The van der Waals surface area contributed by atoms with Crippen molar-refractivity contribution < 1.29 is 68.2 Å². The van der Waals surface area contributed by atoms with Gasteiger partial charge in [-0.05, 0) is 72.8 Å². The predicted octanol–water partition coefficient (Wildman–Crippen LogP) is 6.51. The molecule has 16 heteroatoms. The molecule has 0 heterocycles. The molecule has 4 rings (SSSR count). The van der Waals surface area contributed by atoms with Crippen molar-refractivity contribution in [1.29, 1.82) is 0 Å². The number of ether oxygens (including phenoxy) is 4. The van der Waals surface area contributed by atoms with E-state index < -0.39 is 44.9 Å². The maximum Gasteiger partial charge on any atom is 0.534 e. The molecule has 0 aliphatic carbocycles. The number of hydrogen-bond donors (Lipinski definition) is 1. The molecule has 0 spiro atoms. The van der Waals surface area contributed by atoms with Crippen molar-refractivity contribution in [2.24, 2.45) is 0 Å². The molecule has 250 valence electrons. The highest BCUT2D eigenvalue weighted by Crippen LogP contribution is 2.38. The molecule has 4 aromatic rings. The number of rotatable bonds is 8. The highest BCUT2D eigenvalue weighted by Gasteiger charge is 2.49. The van der Waals surface area contributed by atoms with Gasteiger partial charge < -0.3 is 28.2 Å². The summed E-state index contributed by atoms with van der Waals surface area (Å²) in [5.41, 5.74) is -6.00. The molecular weight excluding hydrogens is 659 g/mol. The lowest BCUT2D eigenvalue weighted by molar-refractivity contribution is -0.0499. The van der Waals surface area contributed by atoms with E-state index in [9.17, 15) is 45.1 Å². The molecule has 4 aromatic carbocycles. The average Bonchev–Trinajstić information content (AvgIpc) is 3.04. The van der Waals surface area contributed by atoms with Crippen LogP contribution in [0.1, 0.15) is 20.7 Å². The van der Waals surface area contributed by atoms with E-state index >= 15 is 0 Å². The molecule has 0 unspecified atom stereocenters. The lowest BCUT2D eigenvalue weighted by atomic mass is 10.0. The van der Waals surface area contributed by atoms with Gasteiger partial charge in [-0.15, -0.1) is 0 Å². The number of benzene rings is 4. The maximum atomic E-state index is 14.2. The fraction of sp³-hybridized carbons (Fsp3) is 0.161. The molecule has 10 nitrogen and oxygen atoms in total. The van der Waals surface area contributed by atoms with Crippen molar-refractivity contribution in [2.45, 2.75) is 5.51 Å². The van der Waals surface area contributed by atoms with E-state index in [1.165, 1.54) is 63.8 Å². The zero-order valence-electron chi connectivity index (χ0n) is 24.8. The zero-order chi connectivity index (χ0) is 35.1.